The summed E-state index contributed by atoms with van der Waals surface area (Å²) in [6.45, 7) is 5.56. The van der Waals surface area contributed by atoms with Crippen LogP contribution in [-0.4, -0.2) is 105 Å². The topological polar surface area (TPSA) is 131 Å². The number of amides is 1. The van der Waals surface area contributed by atoms with Gasteiger partial charge in [0.1, 0.15) is 17.0 Å². The predicted octanol–water partition coefficient (Wildman–Crippen LogP) is 0.609. The van der Waals surface area contributed by atoms with E-state index in [1.807, 2.05) is 18.2 Å². The van der Waals surface area contributed by atoms with Gasteiger partial charge in [0.2, 0.25) is 0 Å². The van der Waals surface area contributed by atoms with E-state index >= 15 is 0 Å². The molecule has 0 bridgehead atoms. The van der Waals surface area contributed by atoms with E-state index < -0.39 is 12.1 Å². The fraction of sp³-hybridized carbons (Fsp3) is 0.440. The average Bonchev–Trinajstić information content (AvgIpc) is 3.64. The van der Waals surface area contributed by atoms with E-state index in [4.69, 9.17) is 14.5 Å². The number of aromatic nitrogens is 5. The van der Waals surface area contributed by atoms with Crippen molar-refractivity contribution in [3.63, 3.8) is 0 Å². The first-order valence-electron chi connectivity index (χ1n) is 12.5. The molecule has 0 aromatic carbocycles. The Kier molecular flexibility index (Phi) is 6.47. The molecule has 0 aliphatic carbocycles. The van der Waals surface area contributed by atoms with Crippen LogP contribution in [0.2, 0.25) is 0 Å². The summed E-state index contributed by atoms with van der Waals surface area (Å²) < 4.78 is 14.5. The van der Waals surface area contributed by atoms with Crippen LogP contribution < -0.4 is 10.6 Å². The lowest BCUT2D eigenvalue weighted by atomic mass is 10.1. The van der Waals surface area contributed by atoms with Gasteiger partial charge in [-0.2, -0.15) is 9.61 Å². The molecule has 12 nitrogen and oxygen atoms in total. The second-order valence-electron chi connectivity index (χ2n) is 9.32. The maximum atomic E-state index is 13.1. The summed E-state index contributed by atoms with van der Waals surface area (Å²) in [6.07, 6.45) is 4.64. The molecule has 4 aromatic rings. The summed E-state index contributed by atoms with van der Waals surface area (Å²) in [5.41, 5.74) is 3.27. The van der Waals surface area contributed by atoms with E-state index in [2.05, 4.69) is 36.4 Å². The first-order chi connectivity index (χ1) is 18.1. The van der Waals surface area contributed by atoms with Crippen LogP contribution in [0.4, 0.5) is 5.82 Å². The van der Waals surface area contributed by atoms with Gasteiger partial charge in [0.25, 0.3) is 5.91 Å². The number of anilines is 1. The third kappa shape index (κ3) is 4.53. The summed E-state index contributed by atoms with van der Waals surface area (Å²) in [7, 11) is 1.80. The van der Waals surface area contributed by atoms with E-state index in [0.717, 1.165) is 56.0 Å². The number of aliphatic hydroxyl groups is 1. The van der Waals surface area contributed by atoms with Crippen molar-refractivity contribution < 1.29 is 19.4 Å². The van der Waals surface area contributed by atoms with E-state index in [9.17, 15) is 9.90 Å². The van der Waals surface area contributed by atoms with Gasteiger partial charge in [-0.25, -0.2) is 9.97 Å². The first kappa shape index (κ1) is 23.8. The molecule has 12 heteroatoms. The lowest BCUT2D eigenvalue weighted by molar-refractivity contribution is 0.0365. The summed E-state index contributed by atoms with van der Waals surface area (Å²) in [6, 6.07) is 5.41. The molecule has 0 spiro atoms. The highest BCUT2D eigenvalue weighted by atomic mass is 16.5. The zero-order valence-electron chi connectivity index (χ0n) is 20.6. The highest BCUT2D eigenvalue weighted by Gasteiger charge is 2.29. The Morgan fingerprint density at radius 2 is 2.05 bits per heavy atom. The lowest BCUT2D eigenvalue weighted by Crippen LogP contribution is -2.42. The van der Waals surface area contributed by atoms with Crippen LogP contribution in [-0.2, 0) is 16.0 Å². The number of hydrogen-bond donors (Lipinski definition) is 3. The summed E-state index contributed by atoms with van der Waals surface area (Å²) in [5, 5.41) is 21.4. The number of aliphatic hydroxyl groups excluding tert-OH is 1. The second kappa shape index (κ2) is 10.1. The Morgan fingerprint density at radius 1 is 1.19 bits per heavy atom. The molecule has 0 unspecified atom stereocenters. The fourth-order valence-corrected chi connectivity index (χ4v) is 4.94. The zero-order valence-corrected chi connectivity index (χ0v) is 20.6. The maximum Gasteiger partial charge on any atom is 0.257 e. The first-order valence-corrected chi connectivity index (χ1v) is 12.5. The molecule has 0 radical (unpaired) electrons. The van der Waals surface area contributed by atoms with Gasteiger partial charge in [-0.05, 0) is 12.1 Å². The number of fused-ring (bicyclic) bond motifs is 2. The van der Waals surface area contributed by atoms with Gasteiger partial charge in [0.15, 0.2) is 5.65 Å². The predicted molar refractivity (Wildman–Crippen MR) is 137 cm³/mol. The van der Waals surface area contributed by atoms with Crippen molar-refractivity contribution in [2.45, 2.75) is 18.7 Å². The molecule has 4 aromatic heterocycles. The molecule has 2 saturated heterocycles. The van der Waals surface area contributed by atoms with Gasteiger partial charge in [0, 0.05) is 62.6 Å². The molecule has 194 valence electrons. The molecule has 2 aliphatic rings. The van der Waals surface area contributed by atoms with Crippen molar-refractivity contribution in [2.24, 2.45) is 0 Å². The van der Waals surface area contributed by atoms with E-state index in [1.54, 1.807) is 17.8 Å². The van der Waals surface area contributed by atoms with Crippen LogP contribution in [0.15, 0.2) is 36.8 Å². The van der Waals surface area contributed by atoms with Gasteiger partial charge < -0.3 is 29.8 Å². The van der Waals surface area contributed by atoms with Crippen molar-refractivity contribution in [3.8, 4) is 11.3 Å². The smallest absolute Gasteiger partial charge is 0.257 e. The number of rotatable bonds is 7. The average molecular weight is 507 g/mol. The summed E-state index contributed by atoms with van der Waals surface area (Å²) in [4.78, 5) is 25.0. The highest BCUT2D eigenvalue weighted by Crippen LogP contribution is 2.31. The van der Waals surface area contributed by atoms with E-state index in [1.165, 1.54) is 6.20 Å². The zero-order chi connectivity index (χ0) is 25.4. The Labute approximate surface area is 213 Å². The highest BCUT2D eigenvalue weighted by molar-refractivity contribution is 6.01. The molecule has 0 saturated carbocycles. The van der Waals surface area contributed by atoms with Gasteiger partial charge >= 0.3 is 0 Å². The van der Waals surface area contributed by atoms with E-state index in [0.29, 0.717) is 22.7 Å². The summed E-state index contributed by atoms with van der Waals surface area (Å²) in [5.74, 6) is 0.340. The van der Waals surface area contributed by atoms with Crippen molar-refractivity contribution in [3.05, 3.63) is 42.4 Å². The van der Waals surface area contributed by atoms with Crippen molar-refractivity contribution in [1.29, 1.82) is 0 Å². The number of nitrogens with one attached hydrogen (secondary N) is 2. The lowest BCUT2D eigenvalue weighted by Gasteiger charge is -2.26. The van der Waals surface area contributed by atoms with Crippen molar-refractivity contribution in [1.82, 2.24) is 34.4 Å². The Morgan fingerprint density at radius 3 is 2.84 bits per heavy atom. The van der Waals surface area contributed by atoms with Crippen LogP contribution in [0.25, 0.3) is 27.9 Å². The number of ether oxygens (including phenoxy) is 2. The van der Waals surface area contributed by atoms with Gasteiger partial charge in [-0.15, -0.1) is 0 Å². The maximum absolute atomic E-state index is 13.1. The van der Waals surface area contributed by atoms with Crippen LogP contribution in [0.5, 0.6) is 0 Å². The minimum Gasteiger partial charge on any atom is -0.388 e. The van der Waals surface area contributed by atoms with Crippen LogP contribution in [0.1, 0.15) is 10.4 Å². The molecular formula is C25H30N8O4. The van der Waals surface area contributed by atoms with E-state index in [-0.39, 0.29) is 19.1 Å². The van der Waals surface area contributed by atoms with Gasteiger partial charge in [-0.1, -0.05) is 0 Å². The number of hydrogen-bond acceptors (Lipinski definition) is 9. The second-order valence-corrected chi connectivity index (χ2v) is 9.32. The number of pyridine rings is 1. The van der Waals surface area contributed by atoms with Gasteiger partial charge in [0.05, 0.1) is 50.5 Å². The molecule has 6 heterocycles. The van der Waals surface area contributed by atoms with Crippen LogP contribution in [0, 0.1) is 0 Å². The van der Waals surface area contributed by atoms with Crippen LogP contribution in [0.3, 0.4) is 0 Å². The van der Waals surface area contributed by atoms with Crippen LogP contribution >= 0.6 is 0 Å². The molecule has 6 rings (SSSR count). The molecule has 2 fully saturated rings. The third-order valence-corrected chi connectivity index (χ3v) is 7.01. The Hall–Kier alpha value is -3.58. The number of carbonyl (C=O) groups is 1. The monoisotopic (exact) mass is 506 g/mol. The Balaban J connectivity index is 1.37. The molecule has 2 atom stereocenters. The molecule has 3 N–H and O–H groups in total. The Bertz CT molecular complexity index is 1430. The third-order valence-electron chi connectivity index (χ3n) is 7.01. The van der Waals surface area contributed by atoms with Crippen molar-refractivity contribution >= 4 is 28.4 Å². The molecular weight excluding hydrogens is 476 g/mol. The molecule has 37 heavy (non-hydrogen) atoms. The largest absolute Gasteiger partial charge is 0.388 e. The number of carbonyl (C=O) groups excluding carboxylic acids is 1. The SMILES string of the molecule is CNc1cc(-c2cn(CCN3CCOCC3)c3ncccc23)nc2c(C(=O)N[C@@H]3COC[C@@H]3O)cnn12. The number of nitrogens with zero attached hydrogens (tertiary/aromatic N) is 6. The standard InChI is InChI=1S/C25H30N8O4/c1-26-22-11-19(29-24-17(12-28-33(22)24)25(35)30-20-14-37-15-21(20)34)18-13-32(23-16(18)3-2-4-27-23)6-5-31-7-9-36-10-8-31/h2-4,11-13,20-21,26,34H,5-10,14-15H2,1H3,(H,30,35)/t20-,21+/m1/s1. The fourth-order valence-electron chi connectivity index (χ4n) is 4.94. The quantitative estimate of drug-likeness (QED) is 0.330. The van der Waals surface area contributed by atoms with Crippen molar-refractivity contribution in [2.75, 3.05) is 58.4 Å². The minimum absolute atomic E-state index is 0.204. The molecule has 2 aliphatic heterocycles. The normalized spacial score (nSPS) is 20.6. The molecule has 1 amide bonds. The number of morpholine rings is 1. The van der Waals surface area contributed by atoms with Gasteiger partial charge in [-0.3, -0.25) is 9.69 Å². The summed E-state index contributed by atoms with van der Waals surface area (Å²) >= 11 is 0. The minimum atomic E-state index is -0.738.